The number of guanidine groups is 1. The van der Waals surface area contributed by atoms with Crippen LogP contribution < -0.4 is 10.6 Å². The van der Waals surface area contributed by atoms with Crippen molar-refractivity contribution in [2.24, 2.45) is 10.4 Å². The van der Waals surface area contributed by atoms with E-state index in [0.29, 0.717) is 5.41 Å². The van der Waals surface area contributed by atoms with Crippen molar-refractivity contribution in [2.75, 3.05) is 19.6 Å². The SMILES string of the molecule is CCNC(=NCCCC(C)(C)C)NCCc1ccco1.I. The quantitative estimate of drug-likeness (QED) is 0.313. The largest absolute Gasteiger partial charge is 0.469 e. The van der Waals surface area contributed by atoms with Gasteiger partial charge in [0.1, 0.15) is 5.76 Å². The minimum Gasteiger partial charge on any atom is -0.469 e. The molecule has 0 aliphatic heterocycles. The zero-order valence-corrected chi connectivity index (χ0v) is 16.1. The zero-order valence-electron chi connectivity index (χ0n) is 13.7. The highest BCUT2D eigenvalue weighted by Gasteiger charge is 2.08. The molecule has 0 radical (unpaired) electrons. The fraction of sp³-hybridized carbons (Fsp3) is 0.688. The third kappa shape index (κ3) is 10.6. The molecule has 1 heterocycles. The first-order chi connectivity index (χ1) is 9.51. The van der Waals surface area contributed by atoms with Crippen LogP contribution in [0.5, 0.6) is 0 Å². The number of furan rings is 1. The van der Waals surface area contributed by atoms with E-state index in [1.807, 2.05) is 12.1 Å². The van der Waals surface area contributed by atoms with Crippen LogP contribution in [0.3, 0.4) is 0 Å². The van der Waals surface area contributed by atoms with Gasteiger partial charge >= 0.3 is 0 Å². The summed E-state index contributed by atoms with van der Waals surface area (Å²) in [4.78, 5) is 4.60. The van der Waals surface area contributed by atoms with Gasteiger partial charge in [-0.2, -0.15) is 0 Å². The van der Waals surface area contributed by atoms with E-state index in [0.717, 1.165) is 44.2 Å². The van der Waals surface area contributed by atoms with Crippen molar-refractivity contribution in [1.82, 2.24) is 10.6 Å². The Morgan fingerprint density at radius 2 is 2.05 bits per heavy atom. The van der Waals surface area contributed by atoms with E-state index in [2.05, 4.69) is 43.3 Å². The molecular formula is C16H30IN3O. The molecule has 0 saturated carbocycles. The maximum Gasteiger partial charge on any atom is 0.191 e. The molecule has 0 spiro atoms. The molecule has 0 atom stereocenters. The lowest BCUT2D eigenvalue weighted by atomic mass is 9.91. The van der Waals surface area contributed by atoms with Gasteiger partial charge in [0.05, 0.1) is 6.26 Å². The van der Waals surface area contributed by atoms with Gasteiger partial charge in [-0.05, 0) is 37.3 Å². The van der Waals surface area contributed by atoms with Crippen LogP contribution in [0.15, 0.2) is 27.8 Å². The Morgan fingerprint density at radius 3 is 2.62 bits per heavy atom. The van der Waals surface area contributed by atoms with Gasteiger partial charge in [-0.15, -0.1) is 24.0 Å². The summed E-state index contributed by atoms with van der Waals surface area (Å²) >= 11 is 0. The van der Waals surface area contributed by atoms with Crippen molar-refractivity contribution in [2.45, 2.75) is 47.0 Å². The van der Waals surface area contributed by atoms with Gasteiger partial charge in [0.2, 0.25) is 0 Å². The highest BCUT2D eigenvalue weighted by Crippen LogP contribution is 2.20. The van der Waals surface area contributed by atoms with E-state index in [-0.39, 0.29) is 24.0 Å². The Kier molecular flexibility index (Phi) is 10.6. The predicted octanol–water partition coefficient (Wildman–Crippen LogP) is 3.82. The Labute approximate surface area is 146 Å². The van der Waals surface area contributed by atoms with Crippen LogP contribution in [-0.4, -0.2) is 25.6 Å². The molecule has 0 unspecified atom stereocenters. The molecule has 2 N–H and O–H groups in total. The van der Waals surface area contributed by atoms with E-state index in [9.17, 15) is 0 Å². The van der Waals surface area contributed by atoms with Crippen molar-refractivity contribution >= 4 is 29.9 Å². The van der Waals surface area contributed by atoms with Gasteiger partial charge in [-0.1, -0.05) is 20.8 Å². The summed E-state index contributed by atoms with van der Waals surface area (Å²) in [6.45, 7) is 11.5. The van der Waals surface area contributed by atoms with Crippen LogP contribution in [0.1, 0.15) is 46.3 Å². The first-order valence-corrected chi connectivity index (χ1v) is 7.56. The van der Waals surface area contributed by atoms with Crippen LogP contribution in [0, 0.1) is 5.41 Å². The molecule has 1 rings (SSSR count). The third-order valence-electron chi connectivity index (χ3n) is 2.94. The Balaban J connectivity index is 0.00000400. The molecule has 0 aliphatic carbocycles. The molecule has 122 valence electrons. The summed E-state index contributed by atoms with van der Waals surface area (Å²) in [7, 11) is 0. The maximum atomic E-state index is 5.31. The van der Waals surface area contributed by atoms with Crippen LogP contribution in [0.25, 0.3) is 0 Å². The Morgan fingerprint density at radius 1 is 1.29 bits per heavy atom. The second-order valence-electron chi connectivity index (χ2n) is 6.18. The molecule has 1 aromatic rings. The lowest BCUT2D eigenvalue weighted by molar-refractivity contribution is 0.368. The van der Waals surface area contributed by atoms with E-state index in [1.165, 1.54) is 6.42 Å². The molecule has 1 aromatic heterocycles. The first-order valence-electron chi connectivity index (χ1n) is 7.56. The molecule has 21 heavy (non-hydrogen) atoms. The Bertz CT molecular complexity index is 383. The molecule has 0 amide bonds. The average Bonchev–Trinajstić information content (AvgIpc) is 2.86. The van der Waals surface area contributed by atoms with Crippen molar-refractivity contribution < 1.29 is 4.42 Å². The molecule has 4 nitrogen and oxygen atoms in total. The molecule has 0 saturated heterocycles. The number of hydrogen-bond donors (Lipinski definition) is 2. The fourth-order valence-corrected chi connectivity index (χ4v) is 1.90. The second kappa shape index (κ2) is 10.9. The topological polar surface area (TPSA) is 49.6 Å². The normalized spacial score (nSPS) is 11.9. The maximum absolute atomic E-state index is 5.31. The van der Waals surface area contributed by atoms with E-state index >= 15 is 0 Å². The predicted molar refractivity (Wildman–Crippen MR) is 100 cm³/mol. The Hall–Kier alpha value is -0.720. The zero-order chi connectivity index (χ0) is 14.8. The monoisotopic (exact) mass is 407 g/mol. The van der Waals surface area contributed by atoms with Crippen molar-refractivity contribution in [3.05, 3.63) is 24.2 Å². The molecule has 0 bridgehead atoms. The summed E-state index contributed by atoms with van der Waals surface area (Å²) in [5, 5.41) is 6.60. The van der Waals surface area contributed by atoms with Crippen molar-refractivity contribution in [1.29, 1.82) is 0 Å². The third-order valence-corrected chi connectivity index (χ3v) is 2.94. The number of rotatable bonds is 7. The van der Waals surface area contributed by atoms with Gasteiger partial charge in [0, 0.05) is 26.1 Å². The lowest BCUT2D eigenvalue weighted by Gasteiger charge is -2.17. The second-order valence-corrected chi connectivity index (χ2v) is 6.18. The van der Waals surface area contributed by atoms with E-state index in [4.69, 9.17) is 4.42 Å². The van der Waals surface area contributed by atoms with Gasteiger partial charge in [0.25, 0.3) is 0 Å². The summed E-state index contributed by atoms with van der Waals surface area (Å²) < 4.78 is 5.31. The summed E-state index contributed by atoms with van der Waals surface area (Å²) in [5.41, 5.74) is 0.389. The number of aliphatic imine (C=N–C) groups is 1. The van der Waals surface area contributed by atoms with Crippen LogP contribution in [0.2, 0.25) is 0 Å². The van der Waals surface area contributed by atoms with Crippen LogP contribution in [0.4, 0.5) is 0 Å². The number of hydrogen-bond acceptors (Lipinski definition) is 2. The highest BCUT2D eigenvalue weighted by molar-refractivity contribution is 14.0. The molecule has 5 heteroatoms. The lowest BCUT2D eigenvalue weighted by Crippen LogP contribution is -2.38. The minimum atomic E-state index is 0. The van der Waals surface area contributed by atoms with Crippen LogP contribution in [-0.2, 0) is 6.42 Å². The first kappa shape index (κ1) is 20.3. The molecular weight excluding hydrogens is 377 g/mol. The molecule has 0 fully saturated rings. The number of nitrogens with one attached hydrogen (secondary N) is 2. The summed E-state index contributed by atoms with van der Waals surface area (Å²) in [5.74, 6) is 1.90. The van der Waals surface area contributed by atoms with Gasteiger partial charge in [-0.3, -0.25) is 4.99 Å². The molecule has 0 aromatic carbocycles. The van der Waals surface area contributed by atoms with Gasteiger partial charge in [0.15, 0.2) is 5.96 Å². The van der Waals surface area contributed by atoms with Crippen LogP contribution >= 0.6 is 24.0 Å². The highest BCUT2D eigenvalue weighted by atomic mass is 127. The summed E-state index contributed by atoms with van der Waals surface area (Å²) in [6, 6.07) is 3.91. The minimum absolute atomic E-state index is 0. The average molecular weight is 407 g/mol. The summed E-state index contributed by atoms with van der Waals surface area (Å²) in [6.07, 6.45) is 4.90. The van der Waals surface area contributed by atoms with Gasteiger partial charge < -0.3 is 15.1 Å². The smallest absolute Gasteiger partial charge is 0.191 e. The van der Waals surface area contributed by atoms with Gasteiger partial charge in [-0.25, -0.2) is 0 Å². The van der Waals surface area contributed by atoms with E-state index < -0.39 is 0 Å². The van der Waals surface area contributed by atoms with E-state index in [1.54, 1.807) is 6.26 Å². The number of nitrogens with zero attached hydrogens (tertiary/aromatic N) is 1. The standard InChI is InChI=1S/C16H29N3O.HI/c1-5-17-15(18-11-7-10-16(2,3)4)19-12-9-14-8-6-13-20-14;/h6,8,13H,5,7,9-12H2,1-4H3,(H2,17,18,19);1H. The van der Waals surface area contributed by atoms with Crippen molar-refractivity contribution in [3.8, 4) is 0 Å². The number of halogens is 1. The van der Waals surface area contributed by atoms with Crippen molar-refractivity contribution in [3.63, 3.8) is 0 Å². The fourth-order valence-electron chi connectivity index (χ4n) is 1.90. The molecule has 0 aliphatic rings.